The van der Waals surface area contributed by atoms with Crippen molar-refractivity contribution in [2.24, 2.45) is 0 Å². The van der Waals surface area contributed by atoms with Gasteiger partial charge in [-0.3, -0.25) is 0 Å². The maximum absolute atomic E-state index is 3.24. The molecule has 0 bridgehead atoms. The lowest BCUT2D eigenvalue weighted by Gasteiger charge is -2.08. The summed E-state index contributed by atoms with van der Waals surface area (Å²) in [6, 6.07) is 17.7. The number of benzene rings is 2. The van der Waals surface area contributed by atoms with Crippen molar-refractivity contribution in [3.8, 4) is 0 Å². The van der Waals surface area contributed by atoms with Crippen molar-refractivity contribution in [3.05, 3.63) is 71.4 Å². The second kappa shape index (κ2) is 6.15. The van der Waals surface area contributed by atoms with Crippen LogP contribution in [0.3, 0.4) is 0 Å². The van der Waals surface area contributed by atoms with E-state index in [1.165, 1.54) is 27.6 Å². The lowest BCUT2D eigenvalue weighted by molar-refractivity contribution is 0.821. The monoisotopic (exact) mass is 278 g/mol. The van der Waals surface area contributed by atoms with E-state index in [0.717, 1.165) is 19.5 Å². The quantitative estimate of drug-likeness (QED) is 0.747. The van der Waals surface area contributed by atoms with Crippen LogP contribution in [0.5, 0.6) is 0 Å². The third-order valence-corrected chi connectivity index (χ3v) is 4.06. The molecule has 21 heavy (non-hydrogen) atoms. The van der Waals surface area contributed by atoms with E-state index in [4.69, 9.17) is 0 Å². The third-order valence-electron chi connectivity index (χ3n) is 4.06. The van der Waals surface area contributed by atoms with Crippen molar-refractivity contribution in [3.63, 3.8) is 0 Å². The fourth-order valence-corrected chi connectivity index (χ4v) is 2.85. The van der Waals surface area contributed by atoms with Gasteiger partial charge in [-0.05, 0) is 42.3 Å². The summed E-state index contributed by atoms with van der Waals surface area (Å²) in [4.78, 5) is 0. The molecular weight excluding hydrogens is 256 g/mol. The number of fused-ring (bicyclic) bond motifs is 1. The van der Waals surface area contributed by atoms with Crippen LogP contribution in [0.2, 0.25) is 0 Å². The van der Waals surface area contributed by atoms with Crippen molar-refractivity contribution < 1.29 is 0 Å². The zero-order valence-electron chi connectivity index (χ0n) is 12.8. The zero-order valence-corrected chi connectivity index (χ0v) is 12.8. The van der Waals surface area contributed by atoms with Gasteiger partial charge in [-0.1, -0.05) is 43.3 Å². The number of hydrogen-bond acceptors (Lipinski definition) is 1. The molecule has 2 nitrogen and oxygen atoms in total. The molecule has 0 radical (unpaired) electrons. The molecule has 1 aromatic heterocycles. The largest absolute Gasteiger partial charge is 0.343 e. The molecule has 0 fully saturated rings. The van der Waals surface area contributed by atoms with Crippen LogP contribution in [0.15, 0.2) is 54.7 Å². The molecule has 0 atom stereocenters. The summed E-state index contributed by atoms with van der Waals surface area (Å²) in [6.45, 7) is 4.03. The maximum Gasteiger partial charge on any atom is 0.0486 e. The average Bonchev–Trinajstić information content (AvgIpc) is 2.93. The molecule has 1 heterocycles. The molecular formula is C19H22N2. The lowest BCUT2D eigenvalue weighted by Crippen LogP contribution is -2.05. The van der Waals surface area contributed by atoms with E-state index in [1.54, 1.807) is 0 Å². The molecule has 0 spiro atoms. The molecule has 0 aliphatic heterocycles. The number of aryl methyl sites for hydroxylation is 1. The standard InChI is InChI=1S/C19H22N2/c1-3-15-7-9-16(10-8-15)14-21-12-11-18-17(13-20-2)5-4-6-19(18)21/h4-12,20H,3,13-14H2,1-2H3. The van der Waals surface area contributed by atoms with Gasteiger partial charge in [-0.2, -0.15) is 0 Å². The summed E-state index contributed by atoms with van der Waals surface area (Å²) in [7, 11) is 1.99. The van der Waals surface area contributed by atoms with Crippen molar-refractivity contribution >= 4 is 10.9 Å². The Morgan fingerprint density at radius 1 is 0.952 bits per heavy atom. The Bertz CT molecular complexity index is 723. The van der Waals surface area contributed by atoms with Gasteiger partial charge in [0, 0.05) is 30.2 Å². The minimum atomic E-state index is 0.909. The first kappa shape index (κ1) is 13.9. The maximum atomic E-state index is 3.24. The molecule has 2 heteroatoms. The number of aromatic nitrogens is 1. The van der Waals surface area contributed by atoms with Gasteiger partial charge in [0.2, 0.25) is 0 Å². The highest BCUT2D eigenvalue weighted by Gasteiger charge is 2.05. The van der Waals surface area contributed by atoms with E-state index in [1.807, 2.05) is 7.05 Å². The Kier molecular flexibility index (Phi) is 4.07. The third kappa shape index (κ3) is 2.86. The Labute approximate surface area is 126 Å². The van der Waals surface area contributed by atoms with E-state index in [-0.39, 0.29) is 0 Å². The zero-order chi connectivity index (χ0) is 14.7. The van der Waals surface area contributed by atoms with Crippen molar-refractivity contribution in [1.82, 2.24) is 9.88 Å². The van der Waals surface area contributed by atoms with Crippen LogP contribution in [0, 0.1) is 0 Å². The number of rotatable bonds is 5. The summed E-state index contributed by atoms with van der Waals surface area (Å²) >= 11 is 0. The van der Waals surface area contributed by atoms with Gasteiger partial charge in [0.25, 0.3) is 0 Å². The normalized spacial score (nSPS) is 11.1. The minimum Gasteiger partial charge on any atom is -0.343 e. The van der Waals surface area contributed by atoms with E-state index in [9.17, 15) is 0 Å². The van der Waals surface area contributed by atoms with Gasteiger partial charge < -0.3 is 9.88 Å². The summed E-state index contributed by atoms with van der Waals surface area (Å²) in [5, 5.41) is 4.58. The molecule has 0 amide bonds. The van der Waals surface area contributed by atoms with E-state index in [0.29, 0.717) is 0 Å². The highest BCUT2D eigenvalue weighted by molar-refractivity contribution is 5.83. The first-order chi connectivity index (χ1) is 10.3. The van der Waals surface area contributed by atoms with Crippen LogP contribution < -0.4 is 5.32 Å². The molecule has 0 saturated carbocycles. The smallest absolute Gasteiger partial charge is 0.0486 e. The summed E-state index contributed by atoms with van der Waals surface area (Å²) in [6.07, 6.45) is 3.29. The number of hydrogen-bond donors (Lipinski definition) is 1. The Hall–Kier alpha value is -2.06. The lowest BCUT2D eigenvalue weighted by atomic mass is 10.1. The van der Waals surface area contributed by atoms with Crippen LogP contribution >= 0.6 is 0 Å². The van der Waals surface area contributed by atoms with Gasteiger partial charge in [-0.15, -0.1) is 0 Å². The van der Waals surface area contributed by atoms with Crippen LogP contribution in [0.25, 0.3) is 10.9 Å². The Balaban J connectivity index is 1.91. The highest BCUT2D eigenvalue weighted by Crippen LogP contribution is 2.21. The molecule has 0 aliphatic rings. The molecule has 108 valence electrons. The fraction of sp³-hybridized carbons (Fsp3) is 0.263. The van der Waals surface area contributed by atoms with Crippen molar-refractivity contribution in [2.45, 2.75) is 26.4 Å². The molecule has 3 rings (SSSR count). The summed E-state index contributed by atoms with van der Waals surface area (Å²) in [5.41, 5.74) is 5.41. The number of nitrogens with one attached hydrogen (secondary N) is 1. The minimum absolute atomic E-state index is 0.909. The van der Waals surface area contributed by atoms with Crippen LogP contribution in [-0.2, 0) is 19.5 Å². The summed E-state index contributed by atoms with van der Waals surface area (Å²) in [5.74, 6) is 0. The predicted octanol–water partition coefficient (Wildman–Crippen LogP) is 3.97. The molecule has 0 saturated heterocycles. The summed E-state index contributed by atoms with van der Waals surface area (Å²) < 4.78 is 2.33. The molecule has 2 aromatic carbocycles. The van der Waals surface area contributed by atoms with Crippen molar-refractivity contribution in [1.29, 1.82) is 0 Å². The first-order valence-corrected chi connectivity index (χ1v) is 7.61. The van der Waals surface area contributed by atoms with Gasteiger partial charge in [0.05, 0.1) is 0 Å². The fourth-order valence-electron chi connectivity index (χ4n) is 2.85. The van der Waals surface area contributed by atoms with Gasteiger partial charge in [-0.25, -0.2) is 0 Å². The molecule has 0 aliphatic carbocycles. The van der Waals surface area contributed by atoms with Crippen molar-refractivity contribution in [2.75, 3.05) is 7.05 Å². The molecule has 3 aromatic rings. The van der Waals surface area contributed by atoms with E-state index < -0.39 is 0 Å². The highest BCUT2D eigenvalue weighted by atomic mass is 15.0. The Morgan fingerprint density at radius 3 is 2.43 bits per heavy atom. The SMILES string of the molecule is CCc1ccc(Cn2ccc3c(CNC)cccc32)cc1. The van der Waals surface area contributed by atoms with Crippen LogP contribution in [-0.4, -0.2) is 11.6 Å². The number of nitrogens with zero attached hydrogens (tertiary/aromatic N) is 1. The van der Waals surface area contributed by atoms with Gasteiger partial charge >= 0.3 is 0 Å². The topological polar surface area (TPSA) is 17.0 Å². The van der Waals surface area contributed by atoms with Gasteiger partial charge in [0.1, 0.15) is 0 Å². The van der Waals surface area contributed by atoms with E-state index >= 15 is 0 Å². The first-order valence-electron chi connectivity index (χ1n) is 7.61. The van der Waals surface area contributed by atoms with E-state index in [2.05, 4.69) is 71.5 Å². The molecule has 1 N–H and O–H groups in total. The van der Waals surface area contributed by atoms with Gasteiger partial charge in [0.15, 0.2) is 0 Å². The second-order valence-corrected chi connectivity index (χ2v) is 5.49. The average molecular weight is 278 g/mol. The predicted molar refractivity (Wildman–Crippen MR) is 89.6 cm³/mol. The Morgan fingerprint density at radius 2 is 1.71 bits per heavy atom. The molecule has 0 unspecified atom stereocenters. The van der Waals surface area contributed by atoms with Crippen LogP contribution in [0.4, 0.5) is 0 Å². The van der Waals surface area contributed by atoms with Crippen LogP contribution in [0.1, 0.15) is 23.6 Å². The second-order valence-electron chi connectivity index (χ2n) is 5.49.